The van der Waals surface area contributed by atoms with E-state index < -0.39 is 29.6 Å². The minimum atomic E-state index is -3.60. The standard InChI is InChI=1S/C40H49F2N3O4S/c1-26-11-13-29(14-12-26)30-15-17-32(18-16-30)40(41,42)36(37(46)44-35-27(2)23-31(35)24-43-38(47)49-39(3,4)5)45-50-34-21-19-33(20-22-34)48-25-28-9-7-6-8-10-28/h11-22,27-28,31,36,45H,6-10,23-25H2,1-5H3,(H,43,47). The molecule has 2 aliphatic carbocycles. The maximum absolute atomic E-state index is 16.4. The molecule has 5 rings (SSSR count). The Morgan fingerprint density at radius 2 is 1.54 bits per heavy atom. The molecule has 10 heteroatoms. The zero-order valence-electron chi connectivity index (χ0n) is 29.6. The van der Waals surface area contributed by atoms with Crippen LogP contribution in [-0.2, 0) is 15.5 Å². The lowest BCUT2D eigenvalue weighted by Gasteiger charge is -2.36. The van der Waals surface area contributed by atoms with Gasteiger partial charge in [-0.2, -0.15) is 8.78 Å². The number of carbonyl (C=O) groups excluding carboxylic acids is 2. The molecule has 0 heterocycles. The van der Waals surface area contributed by atoms with E-state index in [1.54, 1.807) is 45.0 Å². The van der Waals surface area contributed by atoms with E-state index in [0.29, 0.717) is 29.6 Å². The Balaban J connectivity index is 1.32. The molecule has 0 saturated heterocycles. The molecule has 2 fully saturated rings. The van der Waals surface area contributed by atoms with Crippen molar-refractivity contribution < 1.29 is 27.8 Å². The fraction of sp³-hybridized carbons (Fsp3) is 0.475. The van der Waals surface area contributed by atoms with Crippen LogP contribution in [0.15, 0.2) is 82.7 Å². The summed E-state index contributed by atoms with van der Waals surface area (Å²) in [5.41, 5.74) is 2.35. The number of hydrogen-bond acceptors (Lipinski definition) is 6. The van der Waals surface area contributed by atoms with E-state index in [4.69, 9.17) is 9.47 Å². The van der Waals surface area contributed by atoms with Gasteiger partial charge in [-0.15, -0.1) is 0 Å². The van der Waals surface area contributed by atoms with Crippen LogP contribution in [0.1, 0.15) is 77.3 Å². The van der Waals surface area contributed by atoms with Gasteiger partial charge in [0, 0.05) is 28.6 Å². The number of rotatable bonds is 12. The monoisotopic (exact) mass is 705 g/mol. The van der Waals surface area contributed by atoms with Crippen molar-refractivity contribution in [2.45, 2.75) is 95.6 Å². The van der Waals surface area contributed by atoms with Gasteiger partial charge in [0.1, 0.15) is 11.4 Å². The van der Waals surface area contributed by atoms with Crippen LogP contribution < -0.4 is 14.8 Å². The van der Waals surface area contributed by atoms with Crippen LogP contribution in [0.4, 0.5) is 13.6 Å². The van der Waals surface area contributed by atoms with E-state index in [0.717, 1.165) is 34.4 Å². The third kappa shape index (κ3) is 10.2. The second kappa shape index (κ2) is 16.5. The number of nitrogens with one attached hydrogen (secondary N) is 2. The molecular weight excluding hydrogens is 657 g/mol. The van der Waals surface area contributed by atoms with Crippen LogP contribution in [0.25, 0.3) is 11.1 Å². The lowest BCUT2D eigenvalue weighted by Crippen LogP contribution is -2.48. The molecule has 7 nitrogen and oxygen atoms in total. The second-order valence-electron chi connectivity index (χ2n) is 14.6. The summed E-state index contributed by atoms with van der Waals surface area (Å²) in [4.78, 5) is 30.9. The first-order chi connectivity index (χ1) is 23.8. The van der Waals surface area contributed by atoms with Gasteiger partial charge in [0.25, 0.3) is 11.8 Å². The molecule has 2 aliphatic rings. The number of halogens is 2. The number of nitrogens with zero attached hydrogens (tertiary/aromatic N) is 1. The van der Waals surface area contributed by atoms with E-state index >= 15 is 8.78 Å². The Labute approximate surface area is 299 Å². The number of amides is 2. The molecule has 3 atom stereocenters. The average Bonchev–Trinajstić information content (AvgIpc) is 3.08. The predicted molar refractivity (Wildman–Crippen MR) is 196 cm³/mol. The number of alkyl carbamates (subject to hydrolysis) is 1. The van der Waals surface area contributed by atoms with Crippen molar-refractivity contribution >= 4 is 29.7 Å². The van der Waals surface area contributed by atoms with E-state index in [1.807, 2.05) is 50.2 Å². The minimum Gasteiger partial charge on any atom is -0.493 e. The molecule has 0 aromatic heterocycles. The van der Waals surface area contributed by atoms with Gasteiger partial charge in [-0.1, -0.05) is 80.3 Å². The summed E-state index contributed by atoms with van der Waals surface area (Å²) in [6.07, 6.45) is 6.22. The van der Waals surface area contributed by atoms with Gasteiger partial charge < -0.3 is 14.8 Å². The van der Waals surface area contributed by atoms with Crippen molar-refractivity contribution in [1.82, 2.24) is 10.0 Å². The molecule has 2 N–H and O–H groups in total. The van der Waals surface area contributed by atoms with Crippen molar-refractivity contribution in [2.75, 3.05) is 13.2 Å². The van der Waals surface area contributed by atoms with Gasteiger partial charge in [0.15, 0.2) is 6.04 Å². The highest BCUT2D eigenvalue weighted by atomic mass is 32.2. The van der Waals surface area contributed by atoms with Crippen LogP contribution in [0.2, 0.25) is 0 Å². The van der Waals surface area contributed by atoms with E-state index in [9.17, 15) is 9.59 Å². The molecule has 3 aromatic carbocycles. The Bertz CT molecular complexity index is 1620. The second-order valence-corrected chi connectivity index (χ2v) is 15.5. The topological polar surface area (TPSA) is 89.0 Å². The van der Waals surface area contributed by atoms with E-state index in [2.05, 4.69) is 15.0 Å². The minimum absolute atomic E-state index is 0.0822. The zero-order chi connectivity index (χ0) is 35.9. The number of aryl methyl sites for hydroxylation is 1. The van der Waals surface area contributed by atoms with Crippen molar-refractivity contribution in [1.29, 1.82) is 0 Å². The third-order valence-electron chi connectivity index (χ3n) is 9.29. The number of hydrogen-bond donors (Lipinski definition) is 2. The van der Waals surface area contributed by atoms with Gasteiger partial charge >= 0.3 is 6.09 Å². The van der Waals surface area contributed by atoms with Gasteiger partial charge in [-0.05, 0) is 106 Å². The Morgan fingerprint density at radius 1 is 0.920 bits per heavy atom. The molecular formula is C40H49F2N3O4S. The highest BCUT2D eigenvalue weighted by Gasteiger charge is 2.47. The summed E-state index contributed by atoms with van der Waals surface area (Å²) in [6, 6.07) is 19.1. The summed E-state index contributed by atoms with van der Waals surface area (Å²) < 4.78 is 46.9. The molecule has 2 saturated carbocycles. The highest BCUT2D eigenvalue weighted by molar-refractivity contribution is 7.97. The number of benzene rings is 3. The quantitative estimate of drug-likeness (QED) is 0.183. The Morgan fingerprint density at radius 3 is 2.14 bits per heavy atom. The van der Waals surface area contributed by atoms with Crippen LogP contribution in [-0.4, -0.2) is 42.5 Å². The van der Waals surface area contributed by atoms with Crippen LogP contribution in [0.5, 0.6) is 5.75 Å². The highest BCUT2D eigenvalue weighted by Crippen LogP contribution is 2.37. The zero-order valence-corrected chi connectivity index (χ0v) is 30.5. The molecule has 50 heavy (non-hydrogen) atoms. The smallest absolute Gasteiger partial charge is 0.407 e. The SMILES string of the molecule is Cc1ccc(-c2ccc(C(F)(F)C(NSc3ccc(OCC4CCCCC4)cc3)C(=O)N=C3C(C)CC3CNC(=O)OC(C)(C)C)cc2)cc1. The third-order valence-corrected chi connectivity index (χ3v) is 10.1. The van der Waals surface area contributed by atoms with Gasteiger partial charge in [0.2, 0.25) is 0 Å². The number of aliphatic imine (C=N–C) groups is 1. The number of ether oxygens (including phenoxy) is 2. The maximum atomic E-state index is 16.4. The summed E-state index contributed by atoms with van der Waals surface area (Å²) >= 11 is 0.959. The molecule has 3 aromatic rings. The van der Waals surface area contributed by atoms with Crippen molar-refractivity contribution in [2.24, 2.45) is 22.7 Å². The normalized spacial score (nSPS) is 19.8. The Kier molecular flexibility index (Phi) is 12.4. The first kappa shape index (κ1) is 37.5. The van der Waals surface area contributed by atoms with Crippen LogP contribution in [0, 0.1) is 24.7 Å². The summed E-state index contributed by atoms with van der Waals surface area (Å²) in [5.74, 6) is -3.61. The summed E-state index contributed by atoms with van der Waals surface area (Å²) in [5, 5.41) is 2.72. The number of alkyl halides is 2. The van der Waals surface area contributed by atoms with E-state index in [-0.39, 0.29) is 23.9 Å². The molecule has 2 amide bonds. The average molecular weight is 706 g/mol. The molecule has 0 radical (unpaired) electrons. The Hall–Kier alpha value is -3.76. The van der Waals surface area contributed by atoms with Crippen LogP contribution >= 0.6 is 11.9 Å². The lowest BCUT2D eigenvalue weighted by atomic mass is 9.73. The summed E-state index contributed by atoms with van der Waals surface area (Å²) in [7, 11) is 0. The molecule has 0 bridgehead atoms. The van der Waals surface area contributed by atoms with Crippen molar-refractivity contribution in [3.05, 3.63) is 83.9 Å². The molecule has 3 unspecified atom stereocenters. The van der Waals surface area contributed by atoms with Crippen molar-refractivity contribution in [3.63, 3.8) is 0 Å². The predicted octanol–water partition coefficient (Wildman–Crippen LogP) is 9.53. The lowest BCUT2D eigenvalue weighted by molar-refractivity contribution is -0.130. The molecule has 268 valence electrons. The van der Waals surface area contributed by atoms with Gasteiger partial charge in [-0.25, -0.2) is 14.5 Å². The van der Waals surface area contributed by atoms with Gasteiger partial charge in [0.05, 0.1) is 6.61 Å². The maximum Gasteiger partial charge on any atom is 0.407 e. The van der Waals surface area contributed by atoms with Crippen LogP contribution in [0.3, 0.4) is 0 Å². The molecule has 0 spiro atoms. The van der Waals surface area contributed by atoms with Gasteiger partial charge in [-0.3, -0.25) is 4.79 Å². The van der Waals surface area contributed by atoms with E-state index in [1.165, 1.54) is 44.2 Å². The first-order valence-electron chi connectivity index (χ1n) is 17.6. The first-order valence-corrected chi connectivity index (χ1v) is 18.4. The van der Waals surface area contributed by atoms with Crippen molar-refractivity contribution in [3.8, 4) is 16.9 Å². The molecule has 0 aliphatic heterocycles. The fourth-order valence-corrected chi connectivity index (χ4v) is 7.16. The number of carbonyl (C=O) groups is 2. The largest absolute Gasteiger partial charge is 0.493 e. The fourth-order valence-electron chi connectivity index (χ4n) is 6.39. The summed E-state index contributed by atoms with van der Waals surface area (Å²) in [6.45, 7) is 10.1.